The van der Waals surface area contributed by atoms with Crippen molar-refractivity contribution < 1.29 is 14.3 Å². The summed E-state index contributed by atoms with van der Waals surface area (Å²) in [6.45, 7) is 3.18. The Morgan fingerprint density at radius 2 is 1.40 bits per heavy atom. The molecular formula is C28H34N4O3. The molecule has 1 amide bonds. The SMILES string of the molecule is CNc1ccc(Nc2ccc(NC(=O)c3ccc(N4CCC(OCCOC)CC4)cc3)cc2)cc1. The number of hydrogen-bond donors (Lipinski definition) is 3. The van der Waals surface area contributed by atoms with E-state index >= 15 is 0 Å². The van der Waals surface area contributed by atoms with Crippen LogP contribution in [0, 0.1) is 0 Å². The number of carbonyl (C=O) groups is 1. The van der Waals surface area contributed by atoms with Gasteiger partial charge in [0, 0.05) is 61.2 Å². The zero-order chi connectivity index (χ0) is 24.5. The average Bonchev–Trinajstić information content (AvgIpc) is 2.91. The van der Waals surface area contributed by atoms with Crippen LogP contribution < -0.4 is 20.9 Å². The van der Waals surface area contributed by atoms with Gasteiger partial charge >= 0.3 is 0 Å². The Labute approximate surface area is 207 Å². The number of amides is 1. The summed E-state index contributed by atoms with van der Waals surface area (Å²) in [5.41, 5.74) is 5.55. The summed E-state index contributed by atoms with van der Waals surface area (Å²) in [6, 6.07) is 23.6. The maximum Gasteiger partial charge on any atom is 0.255 e. The predicted octanol–water partition coefficient (Wildman–Crippen LogP) is 5.36. The number of methoxy groups -OCH3 is 1. The van der Waals surface area contributed by atoms with E-state index in [0.29, 0.717) is 24.9 Å². The zero-order valence-corrected chi connectivity index (χ0v) is 20.4. The largest absolute Gasteiger partial charge is 0.388 e. The van der Waals surface area contributed by atoms with E-state index in [9.17, 15) is 4.79 Å². The molecule has 0 unspecified atom stereocenters. The average molecular weight is 475 g/mol. The Kier molecular flexibility index (Phi) is 8.59. The zero-order valence-electron chi connectivity index (χ0n) is 20.4. The number of rotatable bonds is 10. The standard InChI is InChI=1S/C28H34N4O3/c1-29-22-5-7-23(8-6-22)30-24-9-11-25(12-10-24)31-28(33)21-3-13-26(14-4-21)32-17-15-27(16-18-32)35-20-19-34-2/h3-14,27,29-30H,15-20H2,1-2H3,(H,31,33). The number of nitrogens with one attached hydrogen (secondary N) is 3. The molecule has 1 aliphatic heterocycles. The molecule has 0 aliphatic carbocycles. The van der Waals surface area contributed by atoms with Crippen LogP contribution in [0.1, 0.15) is 23.2 Å². The van der Waals surface area contributed by atoms with Crippen LogP contribution in [0.5, 0.6) is 0 Å². The van der Waals surface area contributed by atoms with Crippen molar-refractivity contribution in [2.45, 2.75) is 18.9 Å². The van der Waals surface area contributed by atoms with E-state index in [0.717, 1.165) is 54.4 Å². The smallest absolute Gasteiger partial charge is 0.255 e. The molecule has 7 nitrogen and oxygen atoms in total. The molecule has 1 saturated heterocycles. The molecule has 184 valence electrons. The Balaban J connectivity index is 1.26. The summed E-state index contributed by atoms with van der Waals surface area (Å²) in [6.07, 6.45) is 2.29. The number of anilines is 5. The number of ether oxygens (including phenoxy) is 2. The summed E-state index contributed by atoms with van der Waals surface area (Å²) in [7, 11) is 3.59. The Hall–Kier alpha value is -3.55. The molecule has 3 aromatic carbocycles. The molecule has 0 bridgehead atoms. The van der Waals surface area contributed by atoms with Crippen LogP contribution in [0.4, 0.5) is 28.4 Å². The van der Waals surface area contributed by atoms with Gasteiger partial charge in [0.1, 0.15) is 0 Å². The quantitative estimate of drug-likeness (QED) is 0.344. The first kappa shape index (κ1) is 24.6. The van der Waals surface area contributed by atoms with Gasteiger partial charge in [-0.3, -0.25) is 4.79 Å². The molecule has 1 heterocycles. The lowest BCUT2D eigenvalue weighted by Gasteiger charge is -2.33. The van der Waals surface area contributed by atoms with E-state index < -0.39 is 0 Å². The molecule has 0 radical (unpaired) electrons. The van der Waals surface area contributed by atoms with E-state index in [1.807, 2.05) is 79.8 Å². The van der Waals surface area contributed by atoms with E-state index in [4.69, 9.17) is 9.47 Å². The highest BCUT2D eigenvalue weighted by atomic mass is 16.5. The van der Waals surface area contributed by atoms with Crippen LogP contribution in [-0.4, -0.2) is 52.5 Å². The molecule has 4 rings (SSSR count). The summed E-state index contributed by atoms with van der Waals surface area (Å²) in [5, 5.41) is 9.45. The summed E-state index contributed by atoms with van der Waals surface area (Å²) in [5.74, 6) is -0.120. The lowest BCUT2D eigenvalue weighted by Crippen LogP contribution is -2.37. The first-order valence-corrected chi connectivity index (χ1v) is 12.1. The summed E-state index contributed by atoms with van der Waals surface area (Å²) in [4.78, 5) is 15.1. The van der Waals surface area contributed by atoms with Gasteiger partial charge in [-0.15, -0.1) is 0 Å². The first-order chi connectivity index (χ1) is 17.1. The van der Waals surface area contributed by atoms with Crippen molar-refractivity contribution in [3.63, 3.8) is 0 Å². The molecule has 0 aromatic heterocycles. The number of hydrogen-bond acceptors (Lipinski definition) is 6. The van der Waals surface area contributed by atoms with E-state index in [1.54, 1.807) is 7.11 Å². The van der Waals surface area contributed by atoms with Crippen molar-refractivity contribution in [1.82, 2.24) is 0 Å². The van der Waals surface area contributed by atoms with Crippen molar-refractivity contribution in [3.8, 4) is 0 Å². The molecule has 1 fully saturated rings. The van der Waals surface area contributed by atoms with E-state index in [2.05, 4.69) is 20.9 Å². The van der Waals surface area contributed by atoms with Gasteiger partial charge in [0.15, 0.2) is 0 Å². The molecule has 0 saturated carbocycles. The molecule has 3 aromatic rings. The van der Waals surface area contributed by atoms with Gasteiger partial charge in [-0.1, -0.05) is 0 Å². The monoisotopic (exact) mass is 474 g/mol. The minimum Gasteiger partial charge on any atom is -0.388 e. The summed E-state index contributed by atoms with van der Waals surface area (Å²) >= 11 is 0. The number of benzene rings is 3. The molecule has 0 atom stereocenters. The number of carbonyl (C=O) groups excluding carboxylic acids is 1. The predicted molar refractivity (Wildman–Crippen MR) is 143 cm³/mol. The van der Waals surface area contributed by atoms with Crippen molar-refractivity contribution in [2.75, 3.05) is 61.3 Å². The second-order valence-electron chi connectivity index (χ2n) is 8.58. The number of piperidine rings is 1. The maximum atomic E-state index is 12.7. The van der Waals surface area contributed by atoms with Crippen LogP contribution in [0.2, 0.25) is 0 Å². The fraction of sp³-hybridized carbons (Fsp3) is 0.321. The van der Waals surface area contributed by atoms with Gasteiger partial charge in [0.25, 0.3) is 5.91 Å². The van der Waals surface area contributed by atoms with Gasteiger partial charge < -0.3 is 30.3 Å². The van der Waals surface area contributed by atoms with Crippen LogP contribution in [0.15, 0.2) is 72.8 Å². The third-order valence-corrected chi connectivity index (χ3v) is 6.18. The van der Waals surface area contributed by atoms with Crippen molar-refractivity contribution in [2.24, 2.45) is 0 Å². The van der Waals surface area contributed by atoms with E-state index in [1.165, 1.54) is 0 Å². The van der Waals surface area contributed by atoms with Crippen molar-refractivity contribution in [3.05, 3.63) is 78.4 Å². The molecular weight excluding hydrogens is 440 g/mol. The Bertz CT molecular complexity index is 1060. The van der Waals surface area contributed by atoms with Crippen molar-refractivity contribution in [1.29, 1.82) is 0 Å². The Morgan fingerprint density at radius 1 is 0.829 bits per heavy atom. The van der Waals surface area contributed by atoms with Crippen LogP contribution in [0.25, 0.3) is 0 Å². The van der Waals surface area contributed by atoms with Gasteiger partial charge in [-0.25, -0.2) is 0 Å². The summed E-state index contributed by atoms with van der Waals surface area (Å²) < 4.78 is 10.9. The molecule has 3 N–H and O–H groups in total. The highest BCUT2D eigenvalue weighted by Gasteiger charge is 2.20. The topological polar surface area (TPSA) is 74.9 Å². The minimum absolute atomic E-state index is 0.120. The van der Waals surface area contributed by atoms with Crippen LogP contribution in [0.3, 0.4) is 0 Å². The molecule has 7 heteroatoms. The third kappa shape index (κ3) is 6.97. The fourth-order valence-electron chi connectivity index (χ4n) is 4.13. The minimum atomic E-state index is -0.120. The fourth-order valence-corrected chi connectivity index (χ4v) is 4.13. The first-order valence-electron chi connectivity index (χ1n) is 12.1. The van der Waals surface area contributed by atoms with Gasteiger partial charge in [-0.2, -0.15) is 0 Å². The van der Waals surface area contributed by atoms with Crippen molar-refractivity contribution >= 4 is 34.3 Å². The molecule has 0 spiro atoms. The second-order valence-corrected chi connectivity index (χ2v) is 8.58. The maximum absolute atomic E-state index is 12.7. The van der Waals surface area contributed by atoms with E-state index in [-0.39, 0.29) is 5.91 Å². The number of nitrogens with zero attached hydrogens (tertiary/aromatic N) is 1. The normalized spacial score (nSPS) is 13.9. The second kappa shape index (κ2) is 12.2. The molecule has 35 heavy (non-hydrogen) atoms. The van der Waals surface area contributed by atoms with Gasteiger partial charge in [0.05, 0.1) is 19.3 Å². The highest BCUT2D eigenvalue weighted by Crippen LogP contribution is 2.23. The van der Waals surface area contributed by atoms with Crippen LogP contribution in [-0.2, 0) is 9.47 Å². The lowest BCUT2D eigenvalue weighted by atomic mass is 10.1. The Morgan fingerprint density at radius 3 is 1.97 bits per heavy atom. The van der Waals surface area contributed by atoms with Gasteiger partial charge in [0.2, 0.25) is 0 Å². The van der Waals surface area contributed by atoms with Gasteiger partial charge in [-0.05, 0) is 85.6 Å². The third-order valence-electron chi connectivity index (χ3n) is 6.18. The lowest BCUT2D eigenvalue weighted by molar-refractivity contribution is 0.00610. The highest BCUT2D eigenvalue weighted by molar-refractivity contribution is 6.04. The van der Waals surface area contributed by atoms with Crippen LogP contribution >= 0.6 is 0 Å². The molecule has 1 aliphatic rings.